The summed E-state index contributed by atoms with van der Waals surface area (Å²) in [6, 6.07) is 9.75. The molecule has 1 aromatic rings. The second-order valence-corrected chi connectivity index (χ2v) is 3.88. The van der Waals surface area contributed by atoms with Gasteiger partial charge in [0.05, 0.1) is 19.2 Å². The highest BCUT2D eigenvalue weighted by atomic mass is 16.5. The monoisotopic (exact) mass is 233 g/mol. The predicted octanol–water partition coefficient (Wildman–Crippen LogP) is 1.78. The molecule has 0 bridgehead atoms. The van der Waals surface area contributed by atoms with Gasteiger partial charge in [0, 0.05) is 0 Å². The molecule has 17 heavy (non-hydrogen) atoms. The predicted molar refractivity (Wildman–Crippen MR) is 63.9 cm³/mol. The summed E-state index contributed by atoms with van der Waals surface area (Å²) in [5, 5.41) is 0. The third kappa shape index (κ3) is 2.71. The molecule has 0 saturated carbocycles. The first-order valence-electron chi connectivity index (χ1n) is 5.56. The summed E-state index contributed by atoms with van der Waals surface area (Å²) in [5.74, 6) is -0.285. The Hall–Kier alpha value is -1.68. The lowest BCUT2D eigenvalue weighted by atomic mass is 10.0. The first-order chi connectivity index (χ1) is 8.20. The number of methoxy groups -OCH3 is 1. The van der Waals surface area contributed by atoms with Crippen molar-refractivity contribution in [2.75, 3.05) is 7.11 Å². The van der Waals surface area contributed by atoms with Crippen LogP contribution in [0.15, 0.2) is 35.3 Å². The van der Waals surface area contributed by atoms with Gasteiger partial charge in [0.15, 0.2) is 0 Å². The average Bonchev–Trinajstić information content (AvgIpc) is 2.71. The molecule has 0 radical (unpaired) electrons. The molecule has 4 heteroatoms. The van der Waals surface area contributed by atoms with Crippen molar-refractivity contribution in [2.45, 2.75) is 25.7 Å². The third-order valence-electron chi connectivity index (χ3n) is 2.64. The number of esters is 1. The lowest BCUT2D eigenvalue weighted by Crippen LogP contribution is -2.24. The third-order valence-corrected chi connectivity index (χ3v) is 2.64. The number of carbonyl (C=O) groups is 1. The van der Waals surface area contributed by atoms with Gasteiger partial charge in [-0.05, 0) is 12.5 Å². The SMILES string of the molecule is COC(=O)C[C@@H]1O[C@@H](C)N=C1c1ccccc1. The normalized spacial score (nSPS) is 23.3. The molecule has 4 nitrogen and oxygen atoms in total. The van der Waals surface area contributed by atoms with Gasteiger partial charge in [-0.1, -0.05) is 30.3 Å². The molecule has 0 aromatic heterocycles. The number of carbonyl (C=O) groups excluding carboxylic acids is 1. The van der Waals surface area contributed by atoms with Crippen molar-refractivity contribution in [2.24, 2.45) is 4.99 Å². The van der Waals surface area contributed by atoms with E-state index in [-0.39, 0.29) is 24.7 Å². The Bertz CT molecular complexity index is 428. The minimum atomic E-state index is -0.306. The van der Waals surface area contributed by atoms with E-state index in [0.29, 0.717) is 0 Å². The molecule has 0 fully saturated rings. The maximum atomic E-state index is 11.3. The smallest absolute Gasteiger partial charge is 0.308 e. The van der Waals surface area contributed by atoms with E-state index < -0.39 is 0 Å². The molecule has 0 saturated heterocycles. The fourth-order valence-electron chi connectivity index (χ4n) is 1.86. The van der Waals surface area contributed by atoms with Gasteiger partial charge in [-0.3, -0.25) is 9.79 Å². The van der Waals surface area contributed by atoms with Crippen LogP contribution in [0.4, 0.5) is 0 Å². The van der Waals surface area contributed by atoms with Crippen molar-refractivity contribution >= 4 is 11.7 Å². The van der Waals surface area contributed by atoms with Gasteiger partial charge in [-0.2, -0.15) is 0 Å². The molecule has 1 aromatic carbocycles. The van der Waals surface area contributed by atoms with Gasteiger partial charge < -0.3 is 9.47 Å². The Kier molecular flexibility index (Phi) is 3.54. The molecule has 1 aliphatic rings. The molecule has 0 unspecified atom stereocenters. The van der Waals surface area contributed by atoms with Crippen LogP contribution in [0.2, 0.25) is 0 Å². The number of hydrogen-bond donors (Lipinski definition) is 0. The molecular formula is C13H15NO3. The number of ether oxygens (including phenoxy) is 2. The second-order valence-electron chi connectivity index (χ2n) is 3.88. The first-order valence-corrected chi connectivity index (χ1v) is 5.56. The zero-order valence-electron chi connectivity index (χ0n) is 9.92. The van der Waals surface area contributed by atoms with Gasteiger partial charge in [-0.15, -0.1) is 0 Å². The minimum absolute atomic E-state index is 0.203. The number of aliphatic imine (C=N–C) groups is 1. The molecular weight excluding hydrogens is 218 g/mol. The lowest BCUT2D eigenvalue weighted by Gasteiger charge is -2.12. The van der Waals surface area contributed by atoms with E-state index in [2.05, 4.69) is 9.73 Å². The highest BCUT2D eigenvalue weighted by Crippen LogP contribution is 2.20. The van der Waals surface area contributed by atoms with Crippen LogP contribution >= 0.6 is 0 Å². The highest BCUT2D eigenvalue weighted by molar-refractivity contribution is 6.06. The minimum Gasteiger partial charge on any atom is -0.469 e. The molecule has 0 aliphatic carbocycles. The maximum absolute atomic E-state index is 11.3. The van der Waals surface area contributed by atoms with Crippen molar-refractivity contribution in [1.82, 2.24) is 0 Å². The van der Waals surface area contributed by atoms with Gasteiger partial charge in [0.1, 0.15) is 12.3 Å². The highest BCUT2D eigenvalue weighted by Gasteiger charge is 2.29. The molecule has 0 spiro atoms. The Morgan fingerprint density at radius 1 is 1.41 bits per heavy atom. The van der Waals surface area contributed by atoms with Crippen LogP contribution in [0.25, 0.3) is 0 Å². The van der Waals surface area contributed by atoms with Crippen molar-refractivity contribution in [1.29, 1.82) is 0 Å². The van der Waals surface area contributed by atoms with E-state index in [4.69, 9.17) is 4.74 Å². The second kappa shape index (κ2) is 5.10. The van der Waals surface area contributed by atoms with Crippen LogP contribution in [0.3, 0.4) is 0 Å². The Morgan fingerprint density at radius 3 is 2.76 bits per heavy atom. The fourth-order valence-corrected chi connectivity index (χ4v) is 1.86. The summed E-state index contributed by atoms with van der Waals surface area (Å²) in [7, 11) is 1.38. The van der Waals surface area contributed by atoms with E-state index >= 15 is 0 Å². The van der Waals surface area contributed by atoms with Crippen LogP contribution in [-0.4, -0.2) is 31.1 Å². The summed E-state index contributed by atoms with van der Waals surface area (Å²) < 4.78 is 10.3. The topological polar surface area (TPSA) is 47.9 Å². The quantitative estimate of drug-likeness (QED) is 0.748. The van der Waals surface area contributed by atoms with Crippen molar-refractivity contribution in [3.05, 3.63) is 35.9 Å². The van der Waals surface area contributed by atoms with Gasteiger partial charge in [-0.25, -0.2) is 0 Å². The fraction of sp³-hybridized carbons (Fsp3) is 0.385. The van der Waals surface area contributed by atoms with Crippen LogP contribution in [0.5, 0.6) is 0 Å². The van der Waals surface area contributed by atoms with Crippen LogP contribution in [-0.2, 0) is 14.3 Å². The van der Waals surface area contributed by atoms with Gasteiger partial charge in [0.25, 0.3) is 0 Å². The number of nitrogens with zero attached hydrogens (tertiary/aromatic N) is 1. The number of hydrogen-bond acceptors (Lipinski definition) is 4. The summed E-state index contributed by atoms with van der Waals surface area (Å²) in [6.07, 6.45) is -0.311. The van der Waals surface area contributed by atoms with E-state index in [1.165, 1.54) is 7.11 Å². The molecule has 0 amide bonds. The summed E-state index contributed by atoms with van der Waals surface area (Å²) >= 11 is 0. The Morgan fingerprint density at radius 2 is 2.12 bits per heavy atom. The van der Waals surface area contributed by atoms with E-state index in [1.807, 2.05) is 37.3 Å². The number of rotatable bonds is 3. The average molecular weight is 233 g/mol. The van der Waals surface area contributed by atoms with Gasteiger partial charge in [0.2, 0.25) is 0 Å². The van der Waals surface area contributed by atoms with Crippen molar-refractivity contribution in [3.63, 3.8) is 0 Å². The lowest BCUT2D eigenvalue weighted by molar-refractivity contribution is -0.142. The standard InChI is InChI=1S/C13H15NO3/c1-9-14-13(10-6-4-3-5-7-10)11(17-9)8-12(15)16-2/h3-7,9,11H,8H2,1-2H3/t9-,11-/m0/s1. The van der Waals surface area contributed by atoms with Gasteiger partial charge >= 0.3 is 5.97 Å². The largest absolute Gasteiger partial charge is 0.469 e. The molecule has 0 N–H and O–H groups in total. The van der Waals surface area contributed by atoms with E-state index in [9.17, 15) is 4.79 Å². The first kappa shape index (κ1) is 11.8. The Balaban J connectivity index is 2.19. The molecule has 2 atom stereocenters. The summed E-state index contributed by atoms with van der Waals surface area (Å²) in [4.78, 5) is 15.7. The summed E-state index contributed by atoms with van der Waals surface area (Å²) in [5.41, 5.74) is 1.81. The molecule has 90 valence electrons. The Labute approximate surface area is 100 Å². The summed E-state index contributed by atoms with van der Waals surface area (Å²) in [6.45, 7) is 1.86. The zero-order chi connectivity index (χ0) is 12.3. The van der Waals surface area contributed by atoms with Crippen molar-refractivity contribution in [3.8, 4) is 0 Å². The molecule has 1 heterocycles. The zero-order valence-corrected chi connectivity index (χ0v) is 9.92. The molecule has 2 rings (SSSR count). The van der Waals surface area contributed by atoms with Crippen LogP contribution < -0.4 is 0 Å². The molecule has 1 aliphatic heterocycles. The van der Waals surface area contributed by atoms with Crippen molar-refractivity contribution < 1.29 is 14.3 Å². The maximum Gasteiger partial charge on any atom is 0.308 e. The number of benzene rings is 1. The van der Waals surface area contributed by atoms with E-state index in [0.717, 1.165) is 11.3 Å². The van der Waals surface area contributed by atoms with E-state index in [1.54, 1.807) is 0 Å². The van der Waals surface area contributed by atoms with Crippen LogP contribution in [0, 0.1) is 0 Å². The van der Waals surface area contributed by atoms with Crippen LogP contribution in [0.1, 0.15) is 18.9 Å².